The van der Waals surface area contributed by atoms with E-state index in [2.05, 4.69) is 40.0 Å². The second-order valence-electron chi connectivity index (χ2n) is 6.83. The summed E-state index contributed by atoms with van der Waals surface area (Å²) in [7, 11) is 0. The van der Waals surface area contributed by atoms with E-state index in [0.29, 0.717) is 18.8 Å². The first-order valence-electron chi connectivity index (χ1n) is 9.85. The topological polar surface area (TPSA) is 115 Å². The number of aryl methyl sites for hydroxylation is 2. The Labute approximate surface area is 165 Å². The molecule has 0 spiro atoms. The van der Waals surface area contributed by atoms with E-state index in [1.807, 2.05) is 18.2 Å². The molecule has 0 bridgehead atoms. The van der Waals surface area contributed by atoms with E-state index in [1.54, 1.807) is 10.9 Å². The summed E-state index contributed by atoms with van der Waals surface area (Å²) in [6, 6.07) is 9.15. The van der Waals surface area contributed by atoms with Crippen LogP contribution in [0.2, 0.25) is 0 Å². The smallest absolute Gasteiger partial charge is 0.315 e. The second kappa shape index (κ2) is 11.7. The SMILES string of the molecule is CCCCCCNC(=O)N[C@H](CC(N)=O)c1cn(CCc2ccccc2)nn1. The highest BCUT2D eigenvalue weighted by molar-refractivity contribution is 5.78. The molecule has 2 rings (SSSR count). The minimum absolute atomic E-state index is 0.0271. The van der Waals surface area contributed by atoms with Gasteiger partial charge in [0.1, 0.15) is 5.69 Å². The molecule has 28 heavy (non-hydrogen) atoms. The Balaban J connectivity index is 1.88. The molecule has 0 aliphatic carbocycles. The normalized spacial score (nSPS) is 11.8. The van der Waals surface area contributed by atoms with Crippen molar-refractivity contribution in [1.29, 1.82) is 0 Å². The van der Waals surface area contributed by atoms with Crippen molar-refractivity contribution in [3.8, 4) is 0 Å². The van der Waals surface area contributed by atoms with E-state index in [1.165, 1.54) is 5.56 Å². The summed E-state index contributed by atoms with van der Waals surface area (Å²) in [5.74, 6) is -0.507. The predicted molar refractivity (Wildman–Crippen MR) is 107 cm³/mol. The van der Waals surface area contributed by atoms with Crippen molar-refractivity contribution in [3.05, 3.63) is 47.8 Å². The zero-order chi connectivity index (χ0) is 20.2. The number of amides is 3. The van der Waals surface area contributed by atoms with E-state index in [-0.39, 0.29) is 12.5 Å². The number of hydrogen-bond acceptors (Lipinski definition) is 4. The van der Waals surface area contributed by atoms with Gasteiger partial charge < -0.3 is 16.4 Å². The number of urea groups is 1. The number of nitrogens with one attached hydrogen (secondary N) is 2. The molecule has 4 N–H and O–H groups in total. The minimum atomic E-state index is -0.599. The monoisotopic (exact) mass is 386 g/mol. The third-order valence-corrected chi connectivity index (χ3v) is 4.41. The highest BCUT2D eigenvalue weighted by Crippen LogP contribution is 2.14. The van der Waals surface area contributed by atoms with Crippen LogP contribution in [0.5, 0.6) is 0 Å². The van der Waals surface area contributed by atoms with Crippen LogP contribution in [-0.4, -0.2) is 33.5 Å². The molecule has 2 aromatic rings. The molecular weight excluding hydrogens is 356 g/mol. The summed E-state index contributed by atoms with van der Waals surface area (Å²) in [6.07, 6.45) is 6.84. The molecule has 1 aromatic carbocycles. The van der Waals surface area contributed by atoms with Crippen molar-refractivity contribution < 1.29 is 9.59 Å². The van der Waals surface area contributed by atoms with Gasteiger partial charge in [0.2, 0.25) is 5.91 Å². The van der Waals surface area contributed by atoms with Crippen molar-refractivity contribution in [2.24, 2.45) is 5.73 Å². The Kier molecular flexibility index (Phi) is 8.97. The van der Waals surface area contributed by atoms with E-state index in [4.69, 9.17) is 5.73 Å². The lowest BCUT2D eigenvalue weighted by molar-refractivity contribution is -0.118. The first-order valence-corrected chi connectivity index (χ1v) is 9.85. The number of benzene rings is 1. The molecule has 0 saturated carbocycles. The molecule has 1 atom stereocenters. The fourth-order valence-corrected chi connectivity index (χ4v) is 2.86. The molecule has 0 aliphatic rings. The molecule has 1 aromatic heterocycles. The Morgan fingerprint density at radius 1 is 1.18 bits per heavy atom. The Bertz CT molecular complexity index is 731. The summed E-state index contributed by atoms with van der Waals surface area (Å²) in [5.41, 5.74) is 7.06. The van der Waals surface area contributed by atoms with Crippen LogP contribution in [0.1, 0.15) is 56.3 Å². The zero-order valence-electron chi connectivity index (χ0n) is 16.4. The molecule has 0 radical (unpaired) electrons. The Morgan fingerprint density at radius 3 is 2.68 bits per heavy atom. The number of hydrogen-bond donors (Lipinski definition) is 3. The molecule has 8 heteroatoms. The molecule has 0 fully saturated rings. The third-order valence-electron chi connectivity index (χ3n) is 4.41. The molecule has 3 amide bonds. The van der Waals surface area contributed by atoms with Crippen LogP contribution in [0, 0.1) is 0 Å². The van der Waals surface area contributed by atoms with Crippen molar-refractivity contribution in [2.45, 2.75) is 58.0 Å². The maximum atomic E-state index is 12.1. The fraction of sp³-hybridized carbons (Fsp3) is 0.500. The summed E-state index contributed by atoms with van der Waals surface area (Å²) in [5, 5.41) is 13.8. The van der Waals surface area contributed by atoms with Crippen molar-refractivity contribution in [2.75, 3.05) is 6.54 Å². The lowest BCUT2D eigenvalue weighted by Crippen LogP contribution is -2.39. The summed E-state index contributed by atoms with van der Waals surface area (Å²) < 4.78 is 1.71. The summed E-state index contributed by atoms with van der Waals surface area (Å²) in [4.78, 5) is 23.5. The third kappa shape index (κ3) is 7.77. The maximum Gasteiger partial charge on any atom is 0.315 e. The van der Waals surface area contributed by atoms with Crippen molar-refractivity contribution >= 4 is 11.9 Å². The van der Waals surface area contributed by atoms with Crippen LogP contribution in [-0.2, 0) is 17.8 Å². The van der Waals surface area contributed by atoms with E-state index < -0.39 is 11.9 Å². The quantitative estimate of drug-likeness (QED) is 0.486. The highest BCUT2D eigenvalue weighted by atomic mass is 16.2. The van der Waals surface area contributed by atoms with Crippen LogP contribution >= 0.6 is 0 Å². The van der Waals surface area contributed by atoms with Gasteiger partial charge in [0.25, 0.3) is 0 Å². The Hall–Kier alpha value is -2.90. The number of unbranched alkanes of at least 4 members (excludes halogenated alkanes) is 3. The number of nitrogens with zero attached hydrogens (tertiary/aromatic N) is 3. The molecule has 1 heterocycles. The van der Waals surface area contributed by atoms with Crippen molar-refractivity contribution in [1.82, 2.24) is 25.6 Å². The highest BCUT2D eigenvalue weighted by Gasteiger charge is 2.20. The van der Waals surface area contributed by atoms with Gasteiger partial charge in [-0.25, -0.2) is 4.79 Å². The number of primary amides is 1. The second-order valence-corrected chi connectivity index (χ2v) is 6.83. The maximum absolute atomic E-state index is 12.1. The molecule has 0 saturated heterocycles. The van der Waals surface area contributed by atoms with E-state index >= 15 is 0 Å². The first-order chi connectivity index (χ1) is 13.6. The number of carbonyl (C=O) groups excluding carboxylic acids is 2. The molecule has 152 valence electrons. The van der Waals surface area contributed by atoms with Crippen LogP contribution in [0.3, 0.4) is 0 Å². The Morgan fingerprint density at radius 2 is 1.96 bits per heavy atom. The van der Waals surface area contributed by atoms with Gasteiger partial charge in [-0.1, -0.05) is 61.7 Å². The van der Waals surface area contributed by atoms with Crippen LogP contribution < -0.4 is 16.4 Å². The number of aromatic nitrogens is 3. The molecule has 0 unspecified atom stereocenters. The van der Waals surface area contributed by atoms with E-state index in [0.717, 1.165) is 32.1 Å². The van der Waals surface area contributed by atoms with Crippen molar-refractivity contribution in [3.63, 3.8) is 0 Å². The fourth-order valence-electron chi connectivity index (χ4n) is 2.86. The van der Waals surface area contributed by atoms with Crippen LogP contribution in [0.25, 0.3) is 0 Å². The number of nitrogens with two attached hydrogens (primary N) is 1. The van der Waals surface area contributed by atoms with Gasteiger partial charge in [-0.05, 0) is 18.4 Å². The molecule has 0 aliphatic heterocycles. The van der Waals surface area contributed by atoms with E-state index in [9.17, 15) is 9.59 Å². The average Bonchev–Trinajstić information content (AvgIpc) is 3.15. The van der Waals surface area contributed by atoms with Gasteiger partial charge in [-0.3, -0.25) is 9.48 Å². The van der Waals surface area contributed by atoms with Crippen LogP contribution in [0.15, 0.2) is 36.5 Å². The zero-order valence-corrected chi connectivity index (χ0v) is 16.4. The van der Waals surface area contributed by atoms with Crippen LogP contribution in [0.4, 0.5) is 4.79 Å². The lowest BCUT2D eigenvalue weighted by atomic mass is 10.1. The van der Waals surface area contributed by atoms with Gasteiger partial charge >= 0.3 is 6.03 Å². The lowest BCUT2D eigenvalue weighted by Gasteiger charge is -2.15. The molecule has 8 nitrogen and oxygen atoms in total. The number of carbonyl (C=O) groups is 2. The van der Waals surface area contributed by atoms with Gasteiger partial charge in [0.15, 0.2) is 0 Å². The minimum Gasteiger partial charge on any atom is -0.370 e. The average molecular weight is 387 g/mol. The number of rotatable bonds is 12. The predicted octanol–water partition coefficient (Wildman–Crippen LogP) is 2.32. The van der Waals surface area contributed by atoms with Gasteiger partial charge in [-0.2, -0.15) is 0 Å². The summed E-state index contributed by atoms with van der Waals surface area (Å²) >= 11 is 0. The summed E-state index contributed by atoms with van der Waals surface area (Å²) in [6.45, 7) is 3.39. The largest absolute Gasteiger partial charge is 0.370 e. The van der Waals surface area contributed by atoms with Gasteiger partial charge in [-0.15, -0.1) is 5.10 Å². The van der Waals surface area contributed by atoms with Gasteiger partial charge in [0, 0.05) is 13.1 Å². The van der Waals surface area contributed by atoms with Gasteiger partial charge in [0.05, 0.1) is 18.7 Å². The first kappa shape index (κ1) is 21.4. The standard InChI is InChI=1S/C20H30N6O2/c1-2-3-4-8-12-22-20(28)23-17(14-19(21)27)18-15-26(25-24-18)13-11-16-9-6-5-7-10-16/h5-7,9-10,15,17H,2-4,8,11-14H2,1H3,(H2,21,27)(H2,22,23,28)/t17-/m1/s1. The molecular formula is C20H30N6O2.